The van der Waals surface area contributed by atoms with Gasteiger partial charge in [0.15, 0.2) is 0 Å². The minimum Gasteiger partial charge on any atom is -0.309 e. The highest BCUT2D eigenvalue weighted by atomic mass is 15.1. The summed E-state index contributed by atoms with van der Waals surface area (Å²) in [4.78, 5) is 2.55. The molecule has 0 heterocycles. The zero-order chi connectivity index (χ0) is 43.6. The number of hydrogen-bond acceptors (Lipinski definition) is 1. The first kappa shape index (κ1) is 38.0. The Morgan fingerprint density at radius 1 is 0.242 bits per heavy atom. The maximum Gasteiger partial charge on any atom is 0.0732 e. The summed E-state index contributed by atoms with van der Waals surface area (Å²) in [6.07, 6.45) is 0. The molecule has 0 atom stereocenters. The van der Waals surface area contributed by atoms with E-state index in [1.165, 1.54) is 105 Å². The summed E-state index contributed by atoms with van der Waals surface area (Å²) in [6.45, 7) is 0. The standard InChI is InChI=1S/C65H43N/c1-4-18-44(19-5-1)46-32-34-47(35-33-46)49-38-42-52(43-39-49)66(51-40-36-48(37-41-51)45-20-6-2-7-21-45)64-61(50-22-8-3-9-23-50)55-26-10-11-27-56(55)63-62(64)57-28-14-17-31-60(57)65(63)58-29-15-12-24-53(58)54-25-13-16-30-59(54)65/h1-43H. The molecule has 2 aliphatic rings. The summed E-state index contributed by atoms with van der Waals surface area (Å²) < 4.78 is 0. The highest BCUT2D eigenvalue weighted by Gasteiger charge is 2.54. The average molecular weight is 838 g/mol. The SMILES string of the molecule is c1ccc(-c2ccc(-c3ccc(N(c4ccc(-c5ccccc5)cc4)c4c5c(c6ccccc6c4-c4ccccc4)C4(c6ccccc6-c6ccccc64)c4ccccc4-5)cc3)cc2)cc1. The second kappa shape index (κ2) is 15.3. The molecular weight excluding hydrogens is 795 g/mol. The molecule has 13 rings (SSSR count). The zero-order valence-electron chi connectivity index (χ0n) is 36.3. The summed E-state index contributed by atoms with van der Waals surface area (Å²) in [5.74, 6) is 0. The van der Waals surface area contributed by atoms with E-state index in [-0.39, 0.29) is 0 Å². The third-order valence-electron chi connectivity index (χ3n) is 14.1. The molecule has 0 bridgehead atoms. The van der Waals surface area contributed by atoms with Gasteiger partial charge >= 0.3 is 0 Å². The van der Waals surface area contributed by atoms with E-state index in [4.69, 9.17) is 0 Å². The summed E-state index contributed by atoms with van der Waals surface area (Å²) in [5, 5.41) is 2.50. The molecule has 1 spiro atoms. The fraction of sp³-hybridized carbons (Fsp3) is 0.0154. The number of fused-ring (bicyclic) bond motifs is 12. The fourth-order valence-electron chi connectivity index (χ4n) is 11.3. The highest BCUT2D eigenvalue weighted by Crippen LogP contribution is 2.67. The number of benzene rings is 11. The third kappa shape index (κ3) is 5.73. The van der Waals surface area contributed by atoms with Gasteiger partial charge in [0.1, 0.15) is 0 Å². The average Bonchev–Trinajstić information content (AvgIpc) is 3.88. The van der Waals surface area contributed by atoms with E-state index >= 15 is 0 Å². The maximum absolute atomic E-state index is 2.55. The fourth-order valence-corrected chi connectivity index (χ4v) is 11.3. The Bertz CT molecular complexity index is 3550. The summed E-state index contributed by atoms with van der Waals surface area (Å²) in [5.41, 5.74) is 22.8. The van der Waals surface area contributed by atoms with Crippen molar-refractivity contribution >= 4 is 27.8 Å². The van der Waals surface area contributed by atoms with Crippen molar-refractivity contribution in [2.45, 2.75) is 5.41 Å². The lowest BCUT2D eigenvalue weighted by molar-refractivity contribution is 0.801. The van der Waals surface area contributed by atoms with Gasteiger partial charge in [-0.3, -0.25) is 0 Å². The van der Waals surface area contributed by atoms with Gasteiger partial charge in [-0.15, -0.1) is 0 Å². The predicted molar refractivity (Wildman–Crippen MR) is 277 cm³/mol. The van der Waals surface area contributed by atoms with Gasteiger partial charge < -0.3 is 4.90 Å². The lowest BCUT2D eigenvalue weighted by atomic mass is 9.69. The Hall–Kier alpha value is -8.52. The Labute approximate surface area is 386 Å². The minimum absolute atomic E-state index is 0.540. The van der Waals surface area contributed by atoms with Gasteiger partial charge in [-0.25, -0.2) is 0 Å². The molecule has 0 saturated carbocycles. The molecule has 0 aliphatic heterocycles. The molecule has 0 fully saturated rings. The van der Waals surface area contributed by atoms with Crippen LogP contribution in [0.1, 0.15) is 22.3 Å². The summed E-state index contributed by atoms with van der Waals surface area (Å²) >= 11 is 0. The second-order valence-electron chi connectivity index (χ2n) is 17.5. The zero-order valence-corrected chi connectivity index (χ0v) is 36.3. The van der Waals surface area contributed by atoms with Gasteiger partial charge in [0.05, 0.1) is 11.1 Å². The Balaban J connectivity index is 1.12. The van der Waals surface area contributed by atoms with Gasteiger partial charge in [0.2, 0.25) is 0 Å². The van der Waals surface area contributed by atoms with Crippen molar-refractivity contribution < 1.29 is 0 Å². The van der Waals surface area contributed by atoms with Gasteiger partial charge in [-0.05, 0) is 113 Å². The summed E-state index contributed by atoms with van der Waals surface area (Å²) in [6, 6.07) is 96.4. The second-order valence-corrected chi connectivity index (χ2v) is 17.5. The van der Waals surface area contributed by atoms with E-state index in [1.807, 2.05) is 0 Å². The van der Waals surface area contributed by atoms with Gasteiger partial charge in [-0.2, -0.15) is 0 Å². The largest absolute Gasteiger partial charge is 0.309 e. The van der Waals surface area contributed by atoms with Crippen LogP contribution in [-0.4, -0.2) is 0 Å². The topological polar surface area (TPSA) is 3.24 Å². The Morgan fingerprint density at radius 2 is 0.576 bits per heavy atom. The quantitative estimate of drug-likeness (QED) is 0.155. The molecule has 0 saturated heterocycles. The lowest BCUT2D eigenvalue weighted by Gasteiger charge is -2.35. The molecule has 1 heteroatoms. The van der Waals surface area contributed by atoms with Crippen molar-refractivity contribution in [2.75, 3.05) is 4.90 Å². The van der Waals surface area contributed by atoms with E-state index in [9.17, 15) is 0 Å². The maximum atomic E-state index is 2.55. The van der Waals surface area contributed by atoms with Crippen molar-refractivity contribution in [2.24, 2.45) is 0 Å². The molecule has 0 radical (unpaired) electrons. The molecule has 1 nitrogen and oxygen atoms in total. The van der Waals surface area contributed by atoms with Crippen molar-refractivity contribution in [3.63, 3.8) is 0 Å². The van der Waals surface area contributed by atoms with Crippen LogP contribution < -0.4 is 4.90 Å². The Kier molecular flexibility index (Phi) is 8.82. The van der Waals surface area contributed by atoms with Crippen molar-refractivity contribution in [3.8, 4) is 66.8 Å². The molecule has 11 aromatic carbocycles. The van der Waals surface area contributed by atoms with Crippen LogP contribution in [0.2, 0.25) is 0 Å². The monoisotopic (exact) mass is 837 g/mol. The van der Waals surface area contributed by atoms with Crippen LogP contribution in [0, 0.1) is 0 Å². The molecule has 308 valence electrons. The van der Waals surface area contributed by atoms with E-state index < -0.39 is 5.41 Å². The molecule has 0 N–H and O–H groups in total. The van der Waals surface area contributed by atoms with Crippen LogP contribution in [0.5, 0.6) is 0 Å². The van der Waals surface area contributed by atoms with Crippen molar-refractivity contribution in [1.82, 2.24) is 0 Å². The van der Waals surface area contributed by atoms with Gasteiger partial charge in [0.25, 0.3) is 0 Å². The van der Waals surface area contributed by atoms with Crippen LogP contribution in [0.25, 0.3) is 77.5 Å². The number of rotatable bonds is 7. The van der Waals surface area contributed by atoms with Crippen molar-refractivity contribution in [3.05, 3.63) is 283 Å². The van der Waals surface area contributed by atoms with Crippen LogP contribution in [0.15, 0.2) is 261 Å². The lowest BCUT2D eigenvalue weighted by Crippen LogP contribution is -2.26. The van der Waals surface area contributed by atoms with E-state index in [1.54, 1.807) is 0 Å². The number of hydrogen-bond donors (Lipinski definition) is 0. The highest BCUT2D eigenvalue weighted by molar-refractivity contribution is 6.17. The molecule has 66 heavy (non-hydrogen) atoms. The van der Waals surface area contributed by atoms with E-state index in [0.717, 1.165) is 11.4 Å². The number of nitrogens with zero attached hydrogens (tertiary/aromatic N) is 1. The van der Waals surface area contributed by atoms with Crippen LogP contribution in [0.4, 0.5) is 17.1 Å². The first-order valence-corrected chi connectivity index (χ1v) is 22.9. The van der Waals surface area contributed by atoms with Crippen LogP contribution in [-0.2, 0) is 5.41 Å². The number of anilines is 3. The Morgan fingerprint density at radius 3 is 1.05 bits per heavy atom. The van der Waals surface area contributed by atoms with Gasteiger partial charge in [0, 0.05) is 22.5 Å². The molecule has 0 amide bonds. The first-order chi connectivity index (χ1) is 32.8. The van der Waals surface area contributed by atoms with E-state index in [2.05, 4.69) is 266 Å². The predicted octanol–water partition coefficient (Wildman–Crippen LogP) is 17.3. The van der Waals surface area contributed by atoms with Crippen molar-refractivity contribution in [1.29, 1.82) is 0 Å². The van der Waals surface area contributed by atoms with Crippen LogP contribution in [0.3, 0.4) is 0 Å². The summed E-state index contributed by atoms with van der Waals surface area (Å²) in [7, 11) is 0. The molecule has 0 unspecified atom stereocenters. The minimum atomic E-state index is -0.540. The molecule has 0 aromatic heterocycles. The molecule has 2 aliphatic carbocycles. The van der Waals surface area contributed by atoms with Crippen LogP contribution >= 0.6 is 0 Å². The first-order valence-electron chi connectivity index (χ1n) is 22.9. The molecular formula is C65H43N. The normalized spacial score (nSPS) is 12.7. The smallest absolute Gasteiger partial charge is 0.0732 e. The third-order valence-corrected chi connectivity index (χ3v) is 14.1. The van der Waals surface area contributed by atoms with E-state index in [0.29, 0.717) is 0 Å². The van der Waals surface area contributed by atoms with Gasteiger partial charge in [-0.1, -0.05) is 237 Å². The molecule has 11 aromatic rings.